The third-order valence-corrected chi connectivity index (χ3v) is 7.47. The standard InChI is InChI=1S/C30H38N4O3/c1-7-32(8-2)17-11-19-34-26(21-13-15-22(16-14-21)30(4,5)6)24(28(36)29(34)37)27(35)25-20(3)31-23-12-9-10-18-33(23)25/h9-10,12-16,18,26,35H,7-8,11,17,19H2,1-6H3. The van der Waals surface area contributed by atoms with Gasteiger partial charge in [-0.05, 0) is 49.4 Å². The highest BCUT2D eigenvalue weighted by atomic mass is 16.3. The topological polar surface area (TPSA) is 82.2 Å². The molecule has 196 valence electrons. The summed E-state index contributed by atoms with van der Waals surface area (Å²) in [5.74, 6) is -1.75. The van der Waals surface area contributed by atoms with E-state index >= 15 is 0 Å². The molecule has 0 aliphatic carbocycles. The fraction of sp³-hybridized carbons (Fsp3) is 0.433. The largest absolute Gasteiger partial charge is 0.871 e. The van der Waals surface area contributed by atoms with Crippen molar-refractivity contribution in [3.63, 3.8) is 0 Å². The zero-order chi connectivity index (χ0) is 26.9. The van der Waals surface area contributed by atoms with Crippen molar-refractivity contribution in [1.29, 1.82) is 0 Å². The van der Waals surface area contributed by atoms with Gasteiger partial charge in [-0.2, -0.15) is 0 Å². The van der Waals surface area contributed by atoms with Crippen molar-refractivity contribution >= 4 is 23.1 Å². The van der Waals surface area contributed by atoms with E-state index in [0.717, 1.165) is 37.2 Å². The highest BCUT2D eigenvalue weighted by Gasteiger charge is 2.44. The van der Waals surface area contributed by atoms with Crippen LogP contribution in [0.4, 0.5) is 0 Å². The summed E-state index contributed by atoms with van der Waals surface area (Å²) in [7, 11) is 0. The van der Waals surface area contributed by atoms with Crippen LogP contribution in [-0.2, 0) is 15.0 Å². The Labute approximate surface area is 219 Å². The summed E-state index contributed by atoms with van der Waals surface area (Å²) in [4.78, 5) is 34.3. The molecule has 2 aromatic heterocycles. The van der Waals surface area contributed by atoms with Crippen molar-refractivity contribution in [1.82, 2.24) is 14.3 Å². The van der Waals surface area contributed by atoms with Crippen LogP contribution in [0.2, 0.25) is 0 Å². The number of likely N-dealkylation sites (tertiary alicyclic amines) is 1. The lowest BCUT2D eigenvalue weighted by atomic mass is 9.85. The minimum Gasteiger partial charge on any atom is -0.871 e. The molecule has 7 heteroatoms. The summed E-state index contributed by atoms with van der Waals surface area (Å²) in [5.41, 5.74) is 3.39. The molecule has 0 spiro atoms. The number of nitrogens with zero attached hydrogens (tertiary/aromatic N) is 3. The average Bonchev–Trinajstić information content (AvgIpc) is 3.34. The van der Waals surface area contributed by atoms with E-state index in [-0.39, 0.29) is 11.0 Å². The Morgan fingerprint density at radius 1 is 1.05 bits per heavy atom. The predicted octanol–water partition coefficient (Wildman–Crippen LogP) is 2.48. The number of imidazole rings is 1. The zero-order valence-electron chi connectivity index (χ0n) is 22.8. The Morgan fingerprint density at radius 3 is 2.35 bits per heavy atom. The number of carbonyl (C=O) groups excluding carboxylic acids is 2. The van der Waals surface area contributed by atoms with Gasteiger partial charge >= 0.3 is 0 Å². The number of benzene rings is 1. The molecule has 4 rings (SSSR count). The highest BCUT2D eigenvalue weighted by molar-refractivity contribution is 6.46. The Hall–Kier alpha value is -3.45. The first kappa shape index (κ1) is 26.6. The van der Waals surface area contributed by atoms with Crippen molar-refractivity contribution in [3.8, 4) is 0 Å². The van der Waals surface area contributed by atoms with Gasteiger partial charge in [0, 0.05) is 24.7 Å². The van der Waals surface area contributed by atoms with Crippen molar-refractivity contribution in [2.45, 2.75) is 59.4 Å². The number of rotatable bonds is 8. The van der Waals surface area contributed by atoms with E-state index in [1.54, 1.807) is 22.4 Å². The van der Waals surface area contributed by atoms with E-state index in [9.17, 15) is 14.7 Å². The summed E-state index contributed by atoms with van der Waals surface area (Å²) in [6.45, 7) is 15.8. The van der Waals surface area contributed by atoms with Gasteiger partial charge in [0.15, 0.2) is 0 Å². The molecule has 1 aliphatic rings. The molecule has 1 fully saturated rings. The Morgan fingerprint density at radius 2 is 1.73 bits per heavy atom. The quantitative estimate of drug-likeness (QED) is 0.292. The smallest absolute Gasteiger partial charge is 0.295 e. The third-order valence-electron chi connectivity index (χ3n) is 7.47. The number of nitrogens with one attached hydrogen (secondary N) is 1. The van der Waals surface area contributed by atoms with Gasteiger partial charge in [0.1, 0.15) is 5.65 Å². The number of Topliss-reactive ketones (excluding diaryl/α,β-unsaturated/α-hetero) is 1. The number of ketones is 1. The van der Waals surface area contributed by atoms with Crippen LogP contribution in [0.15, 0.2) is 54.2 Å². The van der Waals surface area contributed by atoms with Gasteiger partial charge in [0.25, 0.3) is 5.91 Å². The molecular weight excluding hydrogens is 464 g/mol. The van der Waals surface area contributed by atoms with Gasteiger partial charge in [0.2, 0.25) is 5.78 Å². The monoisotopic (exact) mass is 502 g/mol. The van der Waals surface area contributed by atoms with Crippen molar-refractivity contribution in [3.05, 3.63) is 76.7 Å². The minimum atomic E-state index is -0.720. The van der Waals surface area contributed by atoms with Crippen molar-refractivity contribution in [2.24, 2.45) is 0 Å². The van der Waals surface area contributed by atoms with E-state index in [1.165, 1.54) is 4.90 Å². The summed E-state index contributed by atoms with van der Waals surface area (Å²) in [6, 6.07) is 12.7. The van der Waals surface area contributed by atoms with Gasteiger partial charge in [-0.3, -0.25) is 9.59 Å². The molecule has 0 saturated carbocycles. The maximum absolute atomic E-state index is 14.0. The molecule has 7 nitrogen and oxygen atoms in total. The van der Waals surface area contributed by atoms with Crippen LogP contribution in [0.1, 0.15) is 69.6 Å². The van der Waals surface area contributed by atoms with E-state index in [1.807, 2.05) is 42.5 Å². The number of aromatic nitrogens is 2. The SMILES string of the molecule is CC[NH+](CC)CCCN1C(=O)C(=O)C(=C([O-])c2c(C)nc3ccccn23)C1c1ccc(C(C)(C)C)cc1. The predicted molar refractivity (Wildman–Crippen MR) is 143 cm³/mol. The Bertz CT molecular complexity index is 1330. The number of hydrogen-bond donors (Lipinski definition) is 1. The second-order valence-corrected chi connectivity index (χ2v) is 10.9. The van der Waals surface area contributed by atoms with E-state index in [2.05, 4.69) is 39.6 Å². The van der Waals surface area contributed by atoms with Crippen LogP contribution in [0.5, 0.6) is 0 Å². The summed E-state index contributed by atoms with van der Waals surface area (Å²) in [5, 5.41) is 14.0. The highest BCUT2D eigenvalue weighted by Crippen LogP contribution is 2.39. The third kappa shape index (κ3) is 5.05. The fourth-order valence-electron chi connectivity index (χ4n) is 5.23. The molecule has 0 radical (unpaired) electrons. The molecule has 37 heavy (non-hydrogen) atoms. The molecule has 1 unspecified atom stereocenters. The number of amides is 1. The van der Waals surface area contributed by atoms with Gasteiger partial charge in [-0.25, -0.2) is 4.98 Å². The van der Waals surface area contributed by atoms with E-state index in [4.69, 9.17) is 0 Å². The van der Waals surface area contributed by atoms with Crippen LogP contribution in [0.25, 0.3) is 11.4 Å². The number of fused-ring (bicyclic) bond motifs is 1. The number of carbonyl (C=O) groups is 2. The molecule has 3 aromatic rings. The van der Waals surface area contributed by atoms with Crippen LogP contribution in [0, 0.1) is 6.92 Å². The molecule has 3 heterocycles. The van der Waals surface area contributed by atoms with Crippen LogP contribution >= 0.6 is 0 Å². The normalized spacial score (nSPS) is 17.9. The first-order valence-corrected chi connectivity index (χ1v) is 13.2. The summed E-state index contributed by atoms with van der Waals surface area (Å²) < 4.78 is 1.70. The zero-order valence-corrected chi connectivity index (χ0v) is 22.8. The fourth-order valence-corrected chi connectivity index (χ4v) is 5.23. The van der Waals surface area contributed by atoms with E-state index < -0.39 is 23.5 Å². The van der Waals surface area contributed by atoms with Crippen LogP contribution in [-0.4, -0.2) is 52.2 Å². The van der Waals surface area contributed by atoms with Crippen LogP contribution in [0.3, 0.4) is 0 Å². The lowest BCUT2D eigenvalue weighted by Gasteiger charge is -2.28. The minimum absolute atomic E-state index is 0.0115. The number of pyridine rings is 1. The van der Waals surface area contributed by atoms with Crippen molar-refractivity contribution in [2.75, 3.05) is 26.2 Å². The first-order chi connectivity index (χ1) is 17.6. The Balaban J connectivity index is 1.82. The Kier molecular flexibility index (Phi) is 7.55. The average molecular weight is 503 g/mol. The molecule has 0 bridgehead atoms. The molecular formula is C30H38N4O3. The number of hydrogen-bond acceptors (Lipinski definition) is 4. The number of aryl methyl sites for hydroxylation is 1. The number of quaternary nitrogens is 1. The lowest BCUT2D eigenvalue weighted by molar-refractivity contribution is -0.896. The molecule has 1 aromatic carbocycles. The summed E-state index contributed by atoms with van der Waals surface area (Å²) in [6.07, 6.45) is 2.52. The van der Waals surface area contributed by atoms with Crippen LogP contribution < -0.4 is 10.0 Å². The van der Waals surface area contributed by atoms with E-state index in [0.29, 0.717) is 23.6 Å². The van der Waals surface area contributed by atoms with Crippen molar-refractivity contribution < 1.29 is 19.6 Å². The maximum atomic E-state index is 14.0. The lowest BCUT2D eigenvalue weighted by Crippen LogP contribution is -3.11. The first-order valence-electron chi connectivity index (χ1n) is 13.2. The second kappa shape index (κ2) is 10.5. The van der Waals surface area contributed by atoms with Gasteiger partial charge in [-0.15, -0.1) is 0 Å². The van der Waals surface area contributed by atoms with Gasteiger partial charge < -0.3 is 19.3 Å². The van der Waals surface area contributed by atoms with Gasteiger partial charge in [-0.1, -0.05) is 56.9 Å². The maximum Gasteiger partial charge on any atom is 0.295 e. The molecule has 1 aliphatic heterocycles. The molecule has 1 saturated heterocycles. The molecule has 1 atom stereocenters. The summed E-state index contributed by atoms with van der Waals surface area (Å²) >= 11 is 0. The molecule has 1 N–H and O–H groups in total. The second-order valence-electron chi connectivity index (χ2n) is 10.9. The molecule has 1 amide bonds. The van der Waals surface area contributed by atoms with Gasteiger partial charge in [0.05, 0.1) is 37.1 Å².